The molecule has 2 heterocycles. The fourth-order valence-corrected chi connectivity index (χ4v) is 2.45. The van der Waals surface area contributed by atoms with Crippen LogP contribution in [0.1, 0.15) is 10.4 Å². The second-order valence-corrected chi connectivity index (χ2v) is 4.93. The fraction of sp³-hybridized carbons (Fsp3) is 0.357. The van der Waals surface area contributed by atoms with Crippen molar-refractivity contribution in [3.8, 4) is 0 Å². The van der Waals surface area contributed by atoms with Gasteiger partial charge in [-0.1, -0.05) is 18.2 Å². The summed E-state index contributed by atoms with van der Waals surface area (Å²) in [7, 11) is 1.92. The molecular formula is C14H15NO3. The average Bonchev–Trinajstić information content (AvgIpc) is 2.67. The van der Waals surface area contributed by atoms with Crippen LogP contribution in [0.3, 0.4) is 0 Å². The molecule has 0 aliphatic carbocycles. The number of hydrogen-bond acceptors (Lipinski definition) is 3. The predicted octanol–water partition coefficient (Wildman–Crippen LogP) is 1.37. The highest BCUT2D eigenvalue weighted by atomic mass is 16.5. The SMILES string of the molecule is Cn1cc(C(=O)C2(CO)COC2)c2ccccc21. The largest absolute Gasteiger partial charge is 0.395 e. The van der Waals surface area contributed by atoms with Crippen molar-refractivity contribution in [2.24, 2.45) is 12.5 Å². The van der Waals surface area contributed by atoms with Crippen LogP contribution in [0.25, 0.3) is 10.9 Å². The standard InChI is InChI=1S/C14H15NO3/c1-15-6-11(10-4-2-3-5-12(10)15)13(17)14(7-16)8-18-9-14/h2-6,16H,7-9H2,1H3. The number of nitrogens with zero attached hydrogens (tertiary/aromatic N) is 1. The molecule has 1 aliphatic rings. The van der Waals surface area contributed by atoms with E-state index in [0.29, 0.717) is 18.8 Å². The van der Waals surface area contributed by atoms with Crippen molar-refractivity contribution in [1.82, 2.24) is 4.57 Å². The lowest BCUT2D eigenvalue weighted by Gasteiger charge is -2.38. The van der Waals surface area contributed by atoms with Crippen LogP contribution in [-0.4, -0.2) is 35.3 Å². The van der Waals surface area contributed by atoms with Gasteiger partial charge < -0.3 is 14.4 Å². The number of Topliss-reactive ketones (excluding diaryl/α,β-unsaturated/α-hetero) is 1. The Labute approximate surface area is 105 Å². The van der Waals surface area contributed by atoms with Crippen LogP contribution in [-0.2, 0) is 11.8 Å². The third-order valence-corrected chi connectivity index (χ3v) is 3.68. The van der Waals surface area contributed by atoms with Gasteiger partial charge in [0.2, 0.25) is 0 Å². The fourth-order valence-electron chi connectivity index (χ4n) is 2.45. The van der Waals surface area contributed by atoms with Crippen LogP contribution in [0.15, 0.2) is 30.5 Å². The number of aliphatic hydroxyl groups is 1. The summed E-state index contributed by atoms with van der Waals surface area (Å²) in [5.74, 6) is -0.0203. The van der Waals surface area contributed by atoms with Gasteiger partial charge in [0.05, 0.1) is 19.8 Å². The van der Waals surface area contributed by atoms with E-state index in [1.54, 1.807) is 0 Å². The molecule has 2 aromatic rings. The first-order valence-electron chi connectivity index (χ1n) is 5.95. The zero-order chi connectivity index (χ0) is 12.8. The Morgan fingerprint density at radius 1 is 1.44 bits per heavy atom. The molecular weight excluding hydrogens is 230 g/mol. The maximum absolute atomic E-state index is 12.6. The molecule has 4 nitrogen and oxygen atoms in total. The number of ether oxygens (including phenoxy) is 1. The topological polar surface area (TPSA) is 51.5 Å². The first-order chi connectivity index (χ1) is 8.68. The number of ketones is 1. The van der Waals surface area contributed by atoms with Gasteiger partial charge in [0.15, 0.2) is 5.78 Å². The number of carbonyl (C=O) groups is 1. The van der Waals surface area contributed by atoms with Gasteiger partial charge in [-0.15, -0.1) is 0 Å². The van der Waals surface area contributed by atoms with E-state index in [0.717, 1.165) is 10.9 Å². The maximum Gasteiger partial charge on any atom is 0.178 e. The molecule has 0 saturated carbocycles. The van der Waals surface area contributed by atoms with Gasteiger partial charge >= 0.3 is 0 Å². The molecule has 0 unspecified atom stereocenters. The molecule has 1 N–H and O–H groups in total. The number of benzene rings is 1. The Kier molecular flexibility index (Phi) is 2.50. The zero-order valence-corrected chi connectivity index (χ0v) is 10.2. The van der Waals surface area contributed by atoms with Crippen LogP contribution in [0.2, 0.25) is 0 Å². The van der Waals surface area contributed by atoms with Gasteiger partial charge in [0.1, 0.15) is 5.41 Å². The third-order valence-electron chi connectivity index (χ3n) is 3.68. The minimum Gasteiger partial charge on any atom is -0.395 e. The number of aryl methyl sites for hydroxylation is 1. The minimum atomic E-state index is -0.732. The molecule has 94 valence electrons. The summed E-state index contributed by atoms with van der Waals surface area (Å²) < 4.78 is 7.04. The molecule has 1 fully saturated rings. The molecule has 0 radical (unpaired) electrons. The molecule has 0 atom stereocenters. The predicted molar refractivity (Wildman–Crippen MR) is 67.6 cm³/mol. The average molecular weight is 245 g/mol. The number of hydrogen-bond donors (Lipinski definition) is 1. The number of para-hydroxylation sites is 1. The zero-order valence-electron chi connectivity index (χ0n) is 10.2. The van der Waals surface area contributed by atoms with Crippen molar-refractivity contribution < 1.29 is 14.6 Å². The number of aromatic nitrogens is 1. The smallest absolute Gasteiger partial charge is 0.178 e. The number of carbonyl (C=O) groups excluding carboxylic acids is 1. The number of rotatable bonds is 3. The van der Waals surface area contributed by atoms with Gasteiger partial charge in [0.25, 0.3) is 0 Å². The van der Waals surface area contributed by atoms with E-state index >= 15 is 0 Å². The lowest BCUT2D eigenvalue weighted by Crippen LogP contribution is -2.51. The lowest BCUT2D eigenvalue weighted by molar-refractivity contribution is -0.109. The summed E-state index contributed by atoms with van der Waals surface area (Å²) in [6.45, 7) is 0.464. The van der Waals surface area contributed by atoms with Crippen LogP contribution in [0, 0.1) is 5.41 Å². The second-order valence-electron chi connectivity index (χ2n) is 4.93. The molecule has 1 aliphatic heterocycles. The van der Waals surface area contributed by atoms with Gasteiger partial charge in [-0.25, -0.2) is 0 Å². The monoisotopic (exact) mass is 245 g/mol. The summed E-state index contributed by atoms with van der Waals surface area (Å²) in [5.41, 5.74) is 0.962. The molecule has 4 heteroatoms. The van der Waals surface area contributed by atoms with E-state index in [1.807, 2.05) is 42.1 Å². The molecule has 0 bridgehead atoms. The first kappa shape index (κ1) is 11.4. The van der Waals surface area contributed by atoms with E-state index in [1.165, 1.54) is 0 Å². The summed E-state index contributed by atoms with van der Waals surface area (Å²) in [6.07, 6.45) is 1.84. The molecule has 18 heavy (non-hydrogen) atoms. The van der Waals surface area contributed by atoms with Gasteiger partial charge in [-0.3, -0.25) is 4.79 Å². The highest BCUT2D eigenvalue weighted by Gasteiger charge is 2.46. The Balaban J connectivity index is 2.12. The van der Waals surface area contributed by atoms with E-state index in [-0.39, 0.29) is 12.4 Å². The van der Waals surface area contributed by atoms with E-state index < -0.39 is 5.41 Å². The van der Waals surface area contributed by atoms with Gasteiger partial charge in [-0.2, -0.15) is 0 Å². The van der Waals surface area contributed by atoms with E-state index in [2.05, 4.69) is 0 Å². The quantitative estimate of drug-likeness (QED) is 0.831. The second kappa shape index (κ2) is 3.93. The Hall–Kier alpha value is -1.65. The molecule has 1 aromatic carbocycles. The van der Waals surface area contributed by atoms with Crippen LogP contribution in [0.4, 0.5) is 0 Å². The molecule has 0 amide bonds. The lowest BCUT2D eigenvalue weighted by atomic mass is 9.79. The highest BCUT2D eigenvalue weighted by molar-refractivity contribution is 6.11. The Bertz CT molecular complexity index is 605. The highest BCUT2D eigenvalue weighted by Crippen LogP contribution is 2.34. The van der Waals surface area contributed by atoms with Crippen molar-refractivity contribution in [2.45, 2.75) is 0 Å². The van der Waals surface area contributed by atoms with Crippen LogP contribution in [0.5, 0.6) is 0 Å². The molecule has 3 rings (SSSR count). The Morgan fingerprint density at radius 2 is 2.17 bits per heavy atom. The van der Waals surface area contributed by atoms with Crippen molar-refractivity contribution in [2.75, 3.05) is 19.8 Å². The molecule has 0 spiro atoms. The van der Waals surface area contributed by atoms with Crippen molar-refractivity contribution >= 4 is 16.7 Å². The van der Waals surface area contributed by atoms with Crippen LogP contribution >= 0.6 is 0 Å². The summed E-state index contributed by atoms with van der Waals surface area (Å²) >= 11 is 0. The minimum absolute atomic E-state index is 0.0203. The van der Waals surface area contributed by atoms with Crippen molar-refractivity contribution in [3.63, 3.8) is 0 Å². The molecule has 1 saturated heterocycles. The molecule has 1 aromatic heterocycles. The van der Waals surface area contributed by atoms with E-state index in [9.17, 15) is 9.90 Å². The van der Waals surface area contributed by atoms with E-state index in [4.69, 9.17) is 4.74 Å². The van der Waals surface area contributed by atoms with Gasteiger partial charge in [-0.05, 0) is 6.07 Å². The summed E-state index contributed by atoms with van der Waals surface area (Å²) in [4.78, 5) is 12.6. The van der Waals surface area contributed by atoms with Crippen molar-refractivity contribution in [1.29, 1.82) is 0 Å². The summed E-state index contributed by atoms with van der Waals surface area (Å²) in [6, 6.07) is 7.79. The number of aliphatic hydroxyl groups excluding tert-OH is 1. The number of fused-ring (bicyclic) bond motifs is 1. The van der Waals surface area contributed by atoms with Gasteiger partial charge in [0, 0.05) is 29.7 Å². The third kappa shape index (κ3) is 1.43. The van der Waals surface area contributed by atoms with Crippen LogP contribution < -0.4 is 0 Å². The first-order valence-corrected chi connectivity index (χ1v) is 5.95. The Morgan fingerprint density at radius 3 is 2.78 bits per heavy atom. The normalized spacial score (nSPS) is 17.7. The maximum atomic E-state index is 12.6. The van der Waals surface area contributed by atoms with Crippen molar-refractivity contribution in [3.05, 3.63) is 36.0 Å². The summed E-state index contributed by atoms with van der Waals surface area (Å²) in [5, 5.41) is 10.4.